The maximum absolute atomic E-state index is 12.3. The van der Waals surface area contributed by atoms with Gasteiger partial charge >= 0.3 is 6.03 Å². The van der Waals surface area contributed by atoms with Gasteiger partial charge in [-0.1, -0.05) is 38.3 Å². The van der Waals surface area contributed by atoms with E-state index < -0.39 is 0 Å². The predicted octanol–water partition coefficient (Wildman–Crippen LogP) is 4.75. The van der Waals surface area contributed by atoms with Crippen LogP contribution in [0.1, 0.15) is 63.0 Å². The van der Waals surface area contributed by atoms with E-state index in [0.717, 1.165) is 44.3 Å². The van der Waals surface area contributed by atoms with Crippen LogP contribution in [0.5, 0.6) is 5.75 Å². The lowest BCUT2D eigenvalue weighted by atomic mass is 9.48. The van der Waals surface area contributed by atoms with Gasteiger partial charge in [0.05, 0.1) is 17.1 Å². The molecule has 2 amide bonds. The molecule has 1 heterocycles. The fourth-order valence-corrected chi connectivity index (χ4v) is 7.04. The van der Waals surface area contributed by atoms with E-state index in [2.05, 4.69) is 46.6 Å². The zero-order valence-corrected chi connectivity index (χ0v) is 21.0. The Morgan fingerprint density at radius 1 is 1.11 bits per heavy atom. The average Bonchev–Trinajstić information content (AvgIpc) is 2.86. The molecular formula is C28H39N5O2. The van der Waals surface area contributed by atoms with Crippen molar-refractivity contribution in [3.8, 4) is 5.75 Å². The van der Waals surface area contributed by atoms with Crippen molar-refractivity contribution in [1.82, 2.24) is 16.0 Å². The van der Waals surface area contributed by atoms with Crippen LogP contribution in [-0.2, 0) is 11.8 Å². The Bertz CT molecular complexity index is 1090. The summed E-state index contributed by atoms with van der Waals surface area (Å²) in [5.74, 6) is 0.257. The number of urea groups is 1. The first-order chi connectivity index (χ1) is 17.0. The lowest BCUT2D eigenvalue weighted by Crippen LogP contribution is -2.76. The minimum atomic E-state index is -0.221. The summed E-state index contributed by atoms with van der Waals surface area (Å²) in [6.07, 6.45) is 8.81. The fraction of sp³-hybridized carbons (Fsp3) is 0.536. The summed E-state index contributed by atoms with van der Waals surface area (Å²) >= 11 is 0. The molecule has 3 atom stereocenters. The number of likely N-dealkylation sites (N-methyl/N-ethyl adjacent to an activating group) is 1. The number of phenolic OH excluding ortho intramolecular Hbond substituents is 1. The number of phenols is 1. The van der Waals surface area contributed by atoms with E-state index in [4.69, 9.17) is 0 Å². The third-order valence-corrected chi connectivity index (χ3v) is 8.68. The maximum Gasteiger partial charge on any atom is 0.319 e. The molecule has 0 unspecified atom stereocenters. The van der Waals surface area contributed by atoms with Gasteiger partial charge in [-0.3, -0.25) is 0 Å². The number of fused-ring (bicyclic) bond motifs is 1. The maximum atomic E-state index is 12.3. The summed E-state index contributed by atoms with van der Waals surface area (Å²) in [5.41, 5.74) is 4.81. The number of para-hydroxylation sites is 2. The molecule has 2 fully saturated rings. The van der Waals surface area contributed by atoms with Crippen molar-refractivity contribution < 1.29 is 9.90 Å². The Balaban J connectivity index is 1.44. The van der Waals surface area contributed by atoms with Crippen molar-refractivity contribution >= 4 is 23.1 Å². The lowest BCUT2D eigenvalue weighted by Gasteiger charge is -2.64. The standard InChI is InChI=1S/C28H39N5O2/c1-3-4-14-31-26(35)33-22-10-6-5-9-21(22)32-23-16-19-17-25-28(29-2)12-8-7-11-27(28,13-15-30-25)20(19)18-24(23)34/h5-6,9-10,16,18,25,29-30,32,34H,3-4,7-8,11-15,17H2,1-2H3,(H2,31,33,35)/t25-,27+,28-/m0/s1. The quantitative estimate of drug-likeness (QED) is 0.256. The molecule has 188 valence electrons. The molecular weight excluding hydrogens is 438 g/mol. The highest BCUT2D eigenvalue weighted by atomic mass is 16.3. The van der Waals surface area contributed by atoms with Crippen LogP contribution in [0.3, 0.4) is 0 Å². The van der Waals surface area contributed by atoms with Gasteiger partial charge < -0.3 is 31.7 Å². The van der Waals surface area contributed by atoms with E-state index in [9.17, 15) is 9.90 Å². The largest absolute Gasteiger partial charge is 0.506 e. The van der Waals surface area contributed by atoms with Gasteiger partial charge in [-0.25, -0.2) is 4.79 Å². The average molecular weight is 478 g/mol. The summed E-state index contributed by atoms with van der Waals surface area (Å²) in [6, 6.07) is 11.9. The van der Waals surface area contributed by atoms with Crippen molar-refractivity contribution in [2.75, 3.05) is 30.8 Å². The molecule has 0 aromatic heterocycles. The highest BCUT2D eigenvalue weighted by molar-refractivity contribution is 5.94. The van der Waals surface area contributed by atoms with Gasteiger partial charge in [0.15, 0.2) is 0 Å². The third-order valence-electron chi connectivity index (χ3n) is 8.68. The van der Waals surface area contributed by atoms with E-state index in [1.807, 2.05) is 30.3 Å². The number of hydrogen-bond acceptors (Lipinski definition) is 5. The first kappa shape index (κ1) is 23.9. The second kappa shape index (κ2) is 9.70. The molecule has 1 aliphatic heterocycles. The van der Waals surface area contributed by atoms with E-state index in [0.29, 0.717) is 24.0 Å². The monoisotopic (exact) mass is 477 g/mol. The Morgan fingerprint density at radius 3 is 2.71 bits per heavy atom. The van der Waals surface area contributed by atoms with Gasteiger partial charge in [-0.05, 0) is 81.1 Å². The second-order valence-corrected chi connectivity index (χ2v) is 10.4. The van der Waals surface area contributed by atoms with Crippen molar-refractivity contribution in [2.45, 2.75) is 75.3 Å². The molecule has 0 spiro atoms. The highest BCUT2D eigenvalue weighted by Crippen LogP contribution is 2.57. The predicted molar refractivity (Wildman–Crippen MR) is 142 cm³/mol. The van der Waals surface area contributed by atoms with Crippen LogP contribution in [-0.4, -0.2) is 42.9 Å². The first-order valence-corrected chi connectivity index (χ1v) is 13.2. The number of hydrogen-bond donors (Lipinski definition) is 6. The molecule has 5 rings (SSSR count). The second-order valence-electron chi connectivity index (χ2n) is 10.4. The Hall–Kier alpha value is -2.77. The molecule has 2 aliphatic carbocycles. The van der Waals surface area contributed by atoms with Crippen LogP contribution in [0.15, 0.2) is 36.4 Å². The molecule has 2 bridgehead atoms. The highest BCUT2D eigenvalue weighted by Gasteiger charge is 2.61. The molecule has 1 saturated heterocycles. The Labute approximate surface area is 208 Å². The van der Waals surface area contributed by atoms with Crippen LogP contribution in [0.4, 0.5) is 21.9 Å². The number of benzene rings is 2. The molecule has 2 aromatic rings. The lowest BCUT2D eigenvalue weighted by molar-refractivity contribution is 0.0210. The third kappa shape index (κ3) is 4.04. The van der Waals surface area contributed by atoms with Gasteiger partial charge in [-0.15, -0.1) is 0 Å². The van der Waals surface area contributed by atoms with Crippen LogP contribution < -0.4 is 26.6 Å². The van der Waals surface area contributed by atoms with Gasteiger partial charge in [-0.2, -0.15) is 0 Å². The summed E-state index contributed by atoms with van der Waals surface area (Å²) in [6.45, 7) is 3.77. The Kier molecular flexibility index (Phi) is 6.64. The first-order valence-electron chi connectivity index (χ1n) is 13.2. The molecule has 7 nitrogen and oxygen atoms in total. The van der Waals surface area contributed by atoms with Crippen molar-refractivity contribution in [2.24, 2.45) is 0 Å². The van der Waals surface area contributed by atoms with E-state index in [1.165, 1.54) is 30.4 Å². The van der Waals surface area contributed by atoms with Crippen LogP contribution in [0, 0.1) is 0 Å². The van der Waals surface area contributed by atoms with Crippen molar-refractivity contribution in [3.05, 3.63) is 47.5 Å². The smallest absolute Gasteiger partial charge is 0.319 e. The molecule has 35 heavy (non-hydrogen) atoms. The minimum absolute atomic E-state index is 0.0412. The van der Waals surface area contributed by atoms with E-state index >= 15 is 0 Å². The number of amides is 2. The number of anilines is 3. The number of carbonyl (C=O) groups is 1. The fourth-order valence-electron chi connectivity index (χ4n) is 7.04. The van der Waals surface area contributed by atoms with E-state index in [1.54, 1.807) is 0 Å². The van der Waals surface area contributed by atoms with Crippen LogP contribution >= 0.6 is 0 Å². The van der Waals surface area contributed by atoms with Crippen molar-refractivity contribution in [1.29, 1.82) is 0 Å². The number of rotatable bonds is 7. The number of aromatic hydroxyl groups is 1. The molecule has 1 saturated carbocycles. The number of nitrogens with one attached hydrogen (secondary N) is 5. The number of carbonyl (C=O) groups excluding carboxylic acids is 1. The molecule has 2 aromatic carbocycles. The van der Waals surface area contributed by atoms with Crippen LogP contribution in [0.2, 0.25) is 0 Å². The van der Waals surface area contributed by atoms with Gasteiger partial charge in [0.25, 0.3) is 0 Å². The molecule has 6 N–H and O–H groups in total. The van der Waals surface area contributed by atoms with Gasteiger partial charge in [0.2, 0.25) is 0 Å². The van der Waals surface area contributed by atoms with E-state index in [-0.39, 0.29) is 22.7 Å². The molecule has 7 heteroatoms. The zero-order valence-electron chi connectivity index (χ0n) is 21.0. The summed E-state index contributed by atoms with van der Waals surface area (Å²) in [4.78, 5) is 12.3. The van der Waals surface area contributed by atoms with Gasteiger partial charge in [0.1, 0.15) is 5.75 Å². The van der Waals surface area contributed by atoms with Crippen molar-refractivity contribution in [3.63, 3.8) is 0 Å². The van der Waals surface area contributed by atoms with Crippen LogP contribution in [0.25, 0.3) is 0 Å². The zero-order chi connectivity index (χ0) is 24.5. The minimum Gasteiger partial charge on any atom is -0.506 e. The topological polar surface area (TPSA) is 97.5 Å². The van der Waals surface area contributed by atoms with Gasteiger partial charge in [0, 0.05) is 23.5 Å². The number of piperidine rings is 1. The Morgan fingerprint density at radius 2 is 1.91 bits per heavy atom. The summed E-state index contributed by atoms with van der Waals surface area (Å²) < 4.78 is 0. The summed E-state index contributed by atoms with van der Waals surface area (Å²) in [7, 11) is 2.11. The normalized spacial score (nSPS) is 26.9. The molecule has 0 radical (unpaired) electrons. The summed E-state index contributed by atoms with van der Waals surface area (Å²) in [5, 5.41) is 28.0. The SMILES string of the molecule is CCCCNC(=O)Nc1ccccc1Nc1cc2c(cc1O)[C@]13CCCC[C@]1(NC)[C@H](C2)NCC3. The number of unbranched alkanes of at least 4 members (excludes halogenated alkanes) is 1. The molecule has 3 aliphatic rings.